The third kappa shape index (κ3) is 6.17. The van der Waals surface area contributed by atoms with Crippen LogP contribution in [0, 0.1) is 0 Å². The number of hydrogen-bond donors (Lipinski definition) is 4. The lowest BCUT2D eigenvalue weighted by Gasteiger charge is -2.21. The molecule has 0 aliphatic carbocycles. The smallest absolute Gasteiger partial charge is 0.222 e. The van der Waals surface area contributed by atoms with Gasteiger partial charge in [0, 0.05) is 0 Å². The first-order valence-corrected chi connectivity index (χ1v) is 5.30. The Bertz CT molecular complexity index is 112. The lowest BCUT2D eigenvalue weighted by Crippen LogP contribution is -2.32. The summed E-state index contributed by atoms with van der Waals surface area (Å²) in [4.78, 5) is 0. The minimum atomic E-state index is -1.94. The summed E-state index contributed by atoms with van der Waals surface area (Å²) in [6, 6.07) is 0. The quantitative estimate of drug-likeness (QED) is 0.307. The third-order valence-corrected chi connectivity index (χ3v) is 2.91. The van der Waals surface area contributed by atoms with Crippen LogP contribution in [-0.2, 0) is 0 Å². The van der Waals surface area contributed by atoms with Gasteiger partial charge in [0.1, 0.15) is 0 Å². The molecule has 2 nitrogen and oxygen atoms in total. The second-order valence-electron chi connectivity index (χ2n) is 3.05. The lowest BCUT2D eigenvalue weighted by atomic mass is 10.1. The summed E-state index contributed by atoms with van der Waals surface area (Å²) >= 11 is 7.65. The fourth-order valence-electron chi connectivity index (χ4n) is 0.958. The van der Waals surface area contributed by atoms with E-state index in [0.29, 0.717) is 6.42 Å². The number of hydrogen-bond acceptors (Lipinski definition) is 4. The maximum absolute atomic E-state index is 8.99. The second kappa shape index (κ2) is 6.13. The normalized spacial score (nSPS) is 14.8. The van der Waals surface area contributed by atoms with Gasteiger partial charge in [-0.2, -0.15) is 12.6 Å². The van der Waals surface area contributed by atoms with E-state index in [-0.39, 0.29) is 0 Å². The molecule has 0 saturated heterocycles. The minimum absolute atomic E-state index is 0.460. The van der Waals surface area contributed by atoms with Gasteiger partial charge >= 0.3 is 0 Å². The monoisotopic (exact) mass is 210 g/mol. The molecule has 0 bridgehead atoms. The number of thiol groups is 2. The second-order valence-corrected chi connectivity index (χ2v) is 4.33. The van der Waals surface area contributed by atoms with Crippen molar-refractivity contribution in [1.29, 1.82) is 0 Å². The molecule has 0 aliphatic heterocycles. The van der Waals surface area contributed by atoms with Crippen molar-refractivity contribution in [2.75, 3.05) is 0 Å². The Balaban J connectivity index is 3.38. The predicted octanol–water partition coefficient (Wildman–Crippen LogP) is 1.82. The van der Waals surface area contributed by atoms with Gasteiger partial charge in [-0.25, -0.2) is 0 Å². The molecule has 0 saturated carbocycles. The zero-order chi connectivity index (χ0) is 9.61. The van der Waals surface area contributed by atoms with Crippen molar-refractivity contribution in [3.63, 3.8) is 0 Å². The van der Waals surface area contributed by atoms with Gasteiger partial charge in [-0.1, -0.05) is 32.6 Å². The molecule has 1 unspecified atom stereocenters. The van der Waals surface area contributed by atoms with Gasteiger partial charge in [0.15, 0.2) is 0 Å². The molecule has 0 aromatic rings. The maximum atomic E-state index is 8.99. The highest BCUT2D eigenvalue weighted by atomic mass is 32.1. The van der Waals surface area contributed by atoms with Crippen LogP contribution in [0.3, 0.4) is 0 Å². The fourth-order valence-corrected chi connectivity index (χ4v) is 1.27. The van der Waals surface area contributed by atoms with E-state index in [1.807, 2.05) is 0 Å². The van der Waals surface area contributed by atoms with Gasteiger partial charge in [0.05, 0.1) is 5.25 Å². The zero-order valence-electron chi connectivity index (χ0n) is 7.40. The predicted molar refractivity (Wildman–Crippen MR) is 57.7 cm³/mol. The van der Waals surface area contributed by atoms with E-state index in [9.17, 15) is 0 Å². The Hall–Kier alpha value is 0.620. The Morgan fingerprint density at radius 2 is 1.83 bits per heavy atom. The average Bonchev–Trinajstić information content (AvgIpc) is 1.96. The molecule has 4 heteroatoms. The van der Waals surface area contributed by atoms with Crippen LogP contribution < -0.4 is 0 Å². The van der Waals surface area contributed by atoms with Crippen molar-refractivity contribution in [2.45, 2.75) is 49.4 Å². The van der Waals surface area contributed by atoms with Crippen LogP contribution in [0.25, 0.3) is 0 Å². The molecule has 0 rings (SSSR count). The van der Waals surface area contributed by atoms with Crippen LogP contribution in [0.1, 0.15) is 39.0 Å². The molecule has 0 fully saturated rings. The first-order valence-electron chi connectivity index (χ1n) is 4.33. The SMILES string of the molecule is CCCCCCC(S)C(O)(O)S. The van der Waals surface area contributed by atoms with Crippen molar-refractivity contribution >= 4 is 25.3 Å². The van der Waals surface area contributed by atoms with E-state index >= 15 is 0 Å². The van der Waals surface area contributed by atoms with Crippen LogP contribution in [0.4, 0.5) is 0 Å². The van der Waals surface area contributed by atoms with Crippen LogP contribution in [0.5, 0.6) is 0 Å². The van der Waals surface area contributed by atoms with Gasteiger partial charge < -0.3 is 10.2 Å². The van der Waals surface area contributed by atoms with Crippen LogP contribution >= 0.6 is 25.3 Å². The molecule has 12 heavy (non-hydrogen) atoms. The van der Waals surface area contributed by atoms with Gasteiger partial charge in [0.2, 0.25) is 5.12 Å². The summed E-state index contributed by atoms with van der Waals surface area (Å²) in [6.45, 7) is 2.14. The molecule has 0 aromatic heterocycles. The van der Waals surface area contributed by atoms with E-state index in [2.05, 4.69) is 32.2 Å². The van der Waals surface area contributed by atoms with E-state index in [4.69, 9.17) is 10.2 Å². The van der Waals surface area contributed by atoms with E-state index in [0.717, 1.165) is 12.8 Å². The summed E-state index contributed by atoms with van der Waals surface area (Å²) in [5.41, 5.74) is 0. The van der Waals surface area contributed by atoms with Crippen molar-refractivity contribution in [3.8, 4) is 0 Å². The Kier molecular flexibility index (Phi) is 6.45. The third-order valence-electron chi connectivity index (χ3n) is 1.78. The number of unbranched alkanes of at least 4 members (excludes halogenated alkanes) is 3. The van der Waals surface area contributed by atoms with Gasteiger partial charge in [0.25, 0.3) is 0 Å². The Morgan fingerprint density at radius 1 is 1.25 bits per heavy atom. The van der Waals surface area contributed by atoms with Crippen LogP contribution in [0.15, 0.2) is 0 Å². The van der Waals surface area contributed by atoms with E-state index < -0.39 is 10.4 Å². The number of aliphatic hydroxyl groups is 2. The van der Waals surface area contributed by atoms with E-state index in [1.54, 1.807) is 0 Å². The maximum Gasteiger partial charge on any atom is 0.222 e. The molecular formula is C8H18O2S2. The van der Waals surface area contributed by atoms with Crippen molar-refractivity contribution in [3.05, 3.63) is 0 Å². The van der Waals surface area contributed by atoms with Gasteiger partial charge in [-0.15, -0.1) is 12.6 Å². The molecule has 0 amide bonds. The molecule has 0 heterocycles. The van der Waals surface area contributed by atoms with Crippen LogP contribution in [0.2, 0.25) is 0 Å². The Labute approximate surface area is 85.2 Å². The van der Waals surface area contributed by atoms with Gasteiger partial charge in [-0.05, 0) is 6.42 Å². The zero-order valence-corrected chi connectivity index (χ0v) is 9.19. The van der Waals surface area contributed by atoms with Crippen molar-refractivity contribution in [1.82, 2.24) is 0 Å². The summed E-state index contributed by atoms with van der Waals surface area (Å²) in [6.07, 6.45) is 5.17. The first kappa shape index (κ1) is 12.6. The molecule has 2 N–H and O–H groups in total. The summed E-state index contributed by atoms with van der Waals surface area (Å²) in [7, 11) is 0. The molecular weight excluding hydrogens is 192 g/mol. The summed E-state index contributed by atoms with van der Waals surface area (Å²) in [5, 5.41) is 15.6. The molecule has 0 aliphatic rings. The molecule has 0 spiro atoms. The summed E-state index contributed by atoms with van der Waals surface area (Å²) in [5.74, 6) is 0. The molecule has 74 valence electrons. The molecule has 1 atom stereocenters. The van der Waals surface area contributed by atoms with Gasteiger partial charge in [-0.3, -0.25) is 0 Å². The summed E-state index contributed by atoms with van der Waals surface area (Å²) < 4.78 is 0. The van der Waals surface area contributed by atoms with E-state index in [1.165, 1.54) is 12.8 Å². The van der Waals surface area contributed by atoms with Crippen molar-refractivity contribution < 1.29 is 10.2 Å². The fraction of sp³-hybridized carbons (Fsp3) is 1.00. The molecule has 0 aromatic carbocycles. The molecule has 0 radical (unpaired) electrons. The largest absolute Gasteiger partial charge is 0.357 e. The highest BCUT2D eigenvalue weighted by molar-refractivity contribution is 7.85. The highest BCUT2D eigenvalue weighted by Crippen LogP contribution is 2.22. The number of rotatable bonds is 6. The Morgan fingerprint density at radius 3 is 2.25 bits per heavy atom. The van der Waals surface area contributed by atoms with Crippen molar-refractivity contribution in [2.24, 2.45) is 0 Å². The lowest BCUT2D eigenvalue weighted by molar-refractivity contribution is -0.0749. The van der Waals surface area contributed by atoms with Crippen LogP contribution in [-0.4, -0.2) is 20.6 Å². The minimum Gasteiger partial charge on any atom is -0.357 e. The topological polar surface area (TPSA) is 40.5 Å². The highest BCUT2D eigenvalue weighted by Gasteiger charge is 2.26. The standard InChI is InChI=1S/C8H18O2S2/c1-2-3-4-5-6-7(11)8(9,10)12/h7,9-12H,2-6H2,1H3. The average molecular weight is 210 g/mol. The first-order chi connectivity index (χ1) is 5.48.